The molecular formula is C10H15NO2. The number of methoxy groups -OCH3 is 1. The third kappa shape index (κ3) is 2.44. The zero-order chi connectivity index (χ0) is 9.68. The predicted octanol–water partition coefficient (Wildman–Crippen LogP) is 1.65. The first kappa shape index (κ1) is 10.0. The fraction of sp³-hybridized carbons (Fsp3) is 0.400. The largest absolute Gasteiger partial charge is 0.496 e. The van der Waals surface area contributed by atoms with Crippen molar-refractivity contribution in [2.45, 2.75) is 13.5 Å². The van der Waals surface area contributed by atoms with Crippen molar-refractivity contribution in [1.29, 1.82) is 0 Å². The summed E-state index contributed by atoms with van der Waals surface area (Å²) in [6.07, 6.45) is 0. The van der Waals surface area contributed by atoms with Crippen LogP contribution in [0.3, 0.4) is 0 Å². The van der Waals surface area contributed by atoms with Gasteiger partial charge in [0.05, 0.1) is 14.2 Å². The molecule has 0 bridgehead atoms. The Kier molecular flexibility index (Phi) is 3.73. The van der Waals surface area contributed by atoms with Crippen molar-refractivity contribution in [3.63, 3.8) is 0 Å². The van der Waals surface area contributed by atoms with Crippen molar-refractivity contribution in [2.24, 2.45) is 0 Å². The Morgan fingerprint density at radius 3 is 2.69 bits per heavy atom. The van der Waals surface area contributed by atoms with E-state index in [1.54, 1.807) is 14.2 Å². The topological polar surface area (TPSA) is 30.5 Å². The minimum absolute atomic E-state index is 0.694. The van der Waals surface area contributed by atoms with Crippen LogP contribution in [0.25, 0.3) is 0 Å². The summed E-state index contributed by atoms with van der Waals surface area (Å²) in [6.45, 7) is 2.73. The zero-order valence-electron chi connectivity index (χ0n) is 8.26. The van der Waals surface area contributed by atoms with Crippen molar-refractivity contribution in [2.75, 3.05) is 14.2 Å². The first-order valence-corrected chi connectivity index (χ1v) is 4.18. The fourth-order valence-corrected chi connectivity index (χ4v) is 1.22. The maximum Gasteiger partial charge on any atom is 0.122 e. The molecule has 1 aromatic carbocycles. The summed E-state index contributed by atoms with van der Waals surface area (Å²) in [5, 5.41) is 0. The predicted molar refractivity (Wildman–Crippen MR) is 51.6 cm³/mol. The van der Waals surface area contributed by atoms with Gasteiger partial charge in [-0.05, 0) is 24.1 Å². The molecule has 0 fully saturated rings. The lowest BCUT2D eigenvalue weighted by molar-refractivity contribution is 0.0865. The van der Waals surface area contributed by atoms with Crippen LogP contribution in [0.2, 0.25) is 0 Å². The number of benzene rings is 1. The van der Waals surface area contributed by atoms with Crippen molar-refractivity contribution in [3.8, 4) is 5.75 Å². The third-order valence-corrected chi connectivity index (χ3v) is 2.02. The van der Waals surface area contributed by atoms with Crippen LogP contribution in [-0.4, -0.2) is 14.2 Å². The monoisotopic (exact) mass is 181 g/mol. The molecule has 0 saturated heterocycles. The molecule has 13 heavy (non-hydrogen) atoms. The van der Waals surface area contributed by atoms with Crippen LogP contribution in [0.15, 0.2) is 18.2 Å². The van der Waals surface area contributed by atoms with E-state index in [0.717, 1.165) is 11.3 Å². The molecule has 0 atom stereocenters. The number of hydrogen-bond acceptors (Lipinski definition) is 3. The first-order chi connectivity index (χ1) is 6.29. The van der Waals surface area contributed by atoms with E-state index in [9.17, 15) is 0 Å². The van der Waals surface area contributed by atoms with Gasteiger partial charge in [-0.3, -0.25) is 0 Å². The van der Waals surface area contributed by atoms with E-state index >= 15 is 0 Å². The Morgan fingerprint density at radius 1 is 1.31 bits per heavy atom. The number of hydrogen-bond donors (Lipinski definition) is 1. The van der Waals surface area contributed by atoms with Crippen LogP contribution in [0.5, 0.6) is 5.75 Å². The van der Waals surface area contributed by atoms with Gasteiger partial charge in [0, 0.05) is 6.54 Å². The number of ether oxygens (including phenoxy) is 1. The van der Waals surface area contributed by atoms with Crippen molar-refractivity contribution < 1.29 is 9.57 Å². The summed E-state index contributed by atoms with van der Waals surface area (Å²) in [7, 11) is 3.28. The lowest BCUT2D eigenvalue weighted by Crippen LogP contribution is -2.11. The first-order valence-electron chi connectivity index (χ1n) is 4.18. The Bertz CT molecular complexity index is 274. The molecule has 0 radical (unpaired) electrons. The number of hydroxylamine groups is 1. The highest BCUT2D eigenvalue weighted by Crippen LogP contribution is 2.20. The molecule has 0 unspecified atom stereocenters. The molecule has 0 aromatic heterocycles. The fourth-order valence-electron chi connectivity index (χ4n) is 1.22. The second-order valence-electron chi connectivity index (χ2n) is 2.77. The zero-order valence-corrected chi connectivity index (χ0v) is 8.26. The summed E-state index contributed by atoms with van der Waals surface area (Å²) in [4.78, 5) is 4.78. The quantitative estimate of drug-likeness (QED) is 0.716. The van der Waals surface area contributed by atoms with E-state index in [1.165, 1.54) is 5.56 Å². The molecule has 0 saturated carbocycles. The van der Waals surface area contributed by atoms with Crippen LogP contribution >= 0.6 is 0 Å². The van der Waals surface area contributed by atoms with E-state index in [-0.39, 0.29) is 0 Å². The maximum absolute atomic E-state index is 5.20. The van der Waals surface area contributed by atoms with Gasteiger partial charge >= 0.3 is 0 Å². The molecule has 0 heterocycles. The molecule has 0 spiro atoms. The Hall–Kier alpha value is -1.06. The van der Waals surface area contributed by atoms with Crippen LogP contribution in [0.1, 0.15) is 11.1 Å². The lowest BCUT2D eigenvalue weighted by atomic mass is 10.1. The molecule has 3 heteroatoms. The molecule has 3 nitrogen and oxygen atoms in total. The van der Waals surface area contributed by atoms with E-state index in [4.69, 9.17) is 9.57 Å². The van der Waals surface area contributed by atoms with Gasteiger partial charge in [-0.2, -0.15) is 5.48 Å². The average Bonchev–Trinajstić information content (AvgIpc) is 2.16. The van der Waals surface area contributed by atoms with Crippen LogP contribution in [0, 0.1) is 6.92 Å². The molecular weight excluding hydrogens is 166 g/mol. The number of rotatable bonds is 4. The number of nitrogens with one attached hydrogen (secondary N) is 1. The van der Waals surface area contributed by atoms with Gasteiger partial charge in [-0.25, -0.2) is 0 Å². The van der Waals surface area contributed by atoms with Gasteiger partial charge in [0.25, 0.3) is 0 Å². The molecule has 0 aliphatic rings. The van der Waals surface area contributed by atoms with Crippen LogP contribution in [0.4, 0.5) is 0 Å². The smallest absolute Gasteiger partial charge is 0.122 e. The van der Waals surface area contributed by atoms with Crippen molar-refractivity contribution in [3.05, 3.63) is 29.3 Å². The van der Waals surface area contributed by atoms with Crippen molar-refractivity contribution >= 4 is 0 Å². The van der Waals surface area contributed by atoms with Gasteiger partial charge in [-0.15, -0.1) is 0 Å². The van der Waals surface area contributed by atoms with E-state index < -0.39 is 0 Å². The van der Waals surface area contributed by atoms with E-state index in [0.29, 0.717) is 6.54 Å². The molecule has 0 amide bonds. The average molecular weight is 181 g/mol. The maximum atomic E-state index is 5.20. The van der Waals surface area contributed by atoms with Gasteiger partial charge in [0.15, 0.2) is 0 Å². The molecule has 1 aromatic rings. The van der Waals surface area contributed by atoms with E-state index in [2.05, 4.69) is 5.48 Å². The molecule has 0 aliphatic heterocycles. The summed E-state index contributed by atoms with van der Waals surface area (Å²) in [5.74, 6) is 0.912. The minimum atomic E-state index is 0.694. The molecule has 72 valence electrons. The standard InChI is InChI=1S/C10H15NO2/c1-8-9(7-11-13-3)5-4-6-10(8)12-2/h4-6,11H,7H2,1-3H3. The SMILES string of the molecule is CONCc1cccc(OC)c1C. The van der Waals surface area contributed by atoms with E-state index in [1.807, 2.05) is 25.1 Å². The highest BCUT2D eigenvalue weighted by atomic mass is 16.6. The second-order valence-corrected chi connectivity index (χ2v) is 2.77. The van der Waals surface area contributed by atoms with Gasteiger partial charge in [0.2, 0.25) is 0 Å². The van der Waals surface area contributed by atoms with Crippen LogP contribution in [-0.2, 0) is 11.4 Å². The van der Waals surface area contributed by atoms with Gasteiger partial charge < -0.3 is 9.57 Å². The normalized spacial score (nSPS) is 10.1. The Morgan fingerprint density at radius 2 is 2.08 bits per heavy atom. The van der Waals surface area contributed by atoms with Gasteiger partial charge in [-0.1, -0.05) is 12.1 Å². The molecule has 0 aliphatic carbocycles. The molecule has 1 rings (SSSR count). The lowest BCUT2D eigenvalue weighted by Gasteiger charge is -2.09. The highest BCUT2D eigenvalue weighted by Gasteiger charge is 2.02. The molecule has 1 N–H and O–H groups in total. The van der Waals surface area contributed by atoms with Crippen LogP contribution < -0.4 is 10.2 Å². The summed E-state index contributed by atoms with van der Waals surface area (Å²) in [5.41, 5.74) is 5.13. The van der Waals surface area contributed by atoms with Gasteiger partial charge in [0.1, 0.15) is 5.75 Å². The Labute approximate surface area is 78.6 Å². The van der Waals surface area contributed by atoms with Crippen molar-refractivity contribution in [1.82, 2.24) is 5.48 Å². The summed E-state index contributed by atoms with van der Waals surface area (Å²) in [6, 6.07) is 5.97. The summed E-state index contributed by atoms with van der Waals surface area (Å²) >= 11 is 0. The highest BCUT2D eigenvalue weighted by molar-refractivity contribution is 5.38. The second kappa shape index (κ2) is 4.84. The summed E-state index contributed by atoms with van der Waals surface area (Å²) < 4.78 is 5.20. The Balaban J connectivity index is 2.81. The third-order valence-electron chi connectivity index (χ3n) is 2.02. The minimum Gasteiger partial charge on any atom is -0.496 e.